The van der Waals surface area contributed by atoms with Crippen molar-refractivity contribution < 1.29 is 9.53 Å². The number of carbonyl (C=O) groups is 1. The van der Waals surface area contributed by atoms with Crippen molar-refractivity contribution >= 4 is 17.7 Å². The molecule has 0 bridgehead atoms. The highest BCUT2D eigenvalue weighted by Gasteiger charge is 2.45. The standard InChI is InChI=1S/C13H20N2O2S/c1-10-11(2)18-8-5-15(10)12(16)13(9-14)3-6-17-7-4-13/h10-11H,3-8H2,1-2H3. The Hall–Kier alpha value is -0.730. The summed E-state index contributed by atoms with van der Waals surface area (Å²) in [6, 6.07) is 2.48. The van der Waals surface area contributed by atoms with Gasteiger partial charge in [0.2, 0.25) is 5.91 Å². The van der Waals surface area contributed by atoms with Gasteiger partial charge in [-0.3, -0.25) is 4.79 Å². The van der Waals surface area contributed by atoms with E-state index in [1.165, 1.54) is 0 Å². The van der Waals surface area contributed by atoms with E-state index < -0.39 is 5.41 Å². The average molecular weight is 268 g/mol. The Labute approximate surface area is 113 Å². The minimum atomic E-state index is -0.839. The molecule has 1 amide bonds. The lowest BCUT2D eigenvalue weighted by atomic mass is 9.80. The summed E-state index contributed by atoms with van der Waals surface area (Å²) in [6.45, 7) is 6.04. The fourth-order valence-electron chi connectivity index (χ4n) is 2.59. The highest BCUT2D eigenvalue weighted by atomic mass is 32.2. The van der Waals surface area contributed by atoms with Gasteiger partial charge in [0.15, 0.2) is 0 Å². The van der Waals surface area contributed by atoms with Gasteiger partial charge in [0.05, 0.1) is 6.07 Å². The van der Waals surface area contributed by atoms with Crippen LogP contribution in [0.3, 0.4) is 0 Å². The third-order valence-corrected chi connectivity index (χ3v) is 5.45. The molecule has 2 fully saturated rings. The fraction of sp³-hybridized carbons (Fsp3) is 0.846. The van der Waals surface area contributed by atoms with Crippen molar-refractivity contribution in [1.29, 1.82) is 5.26 Å². The lowest BCUT2D eigenvalue weighted by molar-refractivity contribution is -0.145. The number of amides is 1. The monoisotopic (exact) mass is 268 g/mol. The van der Waals surface area contributed by atoms with Crippen molar-refractivity contribution in [1.82, 2.24) is 4.90 Å². The second kappa shape index (κ2) is 5.50. The highest BCUT2D eigenvalue weighted by molar-refractivity contribution is 8.00. The maximum absolute atomic E-state index is 12.7. The van der Waals surface area contributed by atoms with E-state index in [0.29, 0.717) is 31.3 Å². The fourth-order valence-corrected chi connectivity index (χ4v) is 3.69. The molecule has 2 aliphatic rings. The number of carbonyl (C=O) groups excluding carboxylic acids is 1. The lowest BCUT2D eigenvalue weighted by Crippen LogP contribution is -2.54. The van der Waals surface area contributed by atoms with Gasteiger partial charge in [0.25, 0.3) is 0 Å². The minimum absolute atomic E-state index is 0.0213. The van der Waals surface area contributed by atoms with Gasteiger partial charge >= 0.3 is 0 Å². The van der Waals surface area contributed by atoms with Crippen LogP contribution >= 0.6 is 11.8 Å². The van der Waals surface area contributed by atoms with Crippen molar-refractivity contribution in [2.45, 2.75) is 38.0 Å². The van der Waals surface area contributed by atoms with Crippen LogP contribution in [-0.2, 0) is 9.53 Å². The summed E-state index contributed by atoms with van der Waals surface area (Å²) in [4.78, 5) is 14.6. The topological polar surface area (TPSA) is 53.3 Å². The van der Waals surface area contributed by atoms with E-state index in [2.05, 4.69) is 19.9 Å². The van der Waals surface area contributed by atoms with E-state index in [9.17, 15) is 10.1 Å². The highest BCUT2D eigenvalue weighted by Crippen LogP contribution is 2.35. The van der Waals surface area contributed by atoms with Crippen molar-refractivity contribution in [2.24, 2.45) is 5.41 Å². The van der Waals surface area contributed by atoms with Gasteiger partial charge in [0.1, 0.15) is 5.41 Å². The normalized spacial score (nSPS) is 31.7. The SMILES string of the molecule is CC1SCCN(C(=O)C2(C#N)CCOCC2)C1C. The van der Waals surface area contributed by atoms with Crippen LogP contribution in [0, 0.1) is 16.7 Å². The molecule has 0 radical (unpaired) electrons. The molecule has 4 nitrogen and oxygen atoms in total. The first-order chi connectivity index (χ1) is 8.60. The van der Waals surface area contributed by atoms with E-state index >= 15 is 0 Å². The molecule has 2 unspecified atom stereocenters. The molecule has 0 saturated carbocycles. The van der Waals surface area contributed by atoms with Gasteiger partial charge in [-0.25, -0.2) is 0 Å². The van der Waals surface area contributed by atoms with Crippen LogP contribution in [-0.4, -0.2) is 47.6 Å². The summed E-state index contributed by atoms with van der Waals surface area (Å²) < 4.78 is 5.29. The van der Waals surface area contributed by atoms with Crippen LogP contribution in [0.4, 0.5) is 0 Å². The van der Waals surface area contributed by atoms with E-state index in [-0.39, 0.29) is 11.9 Å². The van der Waals surface area contributed by atoms with Gasteiger partial charge in [-0.2, -0.15) is 17.0 Å². The summed E-state index contributed by atoms with van der Waals surface area (Å²) in [5, 5.41) is 9.88. The van der Waals surface area contributed by atoms with Crippen LogP contribution in [0.2, 0.25) is 0 Å². The Balaban J connectivity index is 2.16. The van der Waals surface area contributed by atoms with Crippen LogP contribution in [0.1, 0.15) is 26.7 Å². The molecule has 0 N–H and O–H groups in total. The molecule has 0 spiro atoms. The van der Waals surface area contributed by atoms with Gasteiger partial charge in [-0.05, 0) is 19.8 Å². The summed E-state index contributed by atoms with van der Waals surface area (Å²) >= 11 is 1.90. The quantitative estimate of drug-likeness (QED) is 0.726. The summed E-state index contributed by atoms with van der Waals surface area (Å²) in [6.07, 6.45) is 1.07. The number of thioether (sulfide) groups is 1. The predicted molar refractivity (Wildman–Crippen MR) is 71.2 cm³/mol. The molecule has 2 rings (SSSR count). The zero-order chi connectivity index (χ0) is 13.2. The molecule has 0 aromatic rings. The molecule has 0 aromatic carbocycles. The molecule has 0 aromatic heterocycles. The molecule has 5 heteroatoms. The Bertz CT molecular complexity index is 360. The molecule has 100 valence electrons. The Morgan fingerprint density at radius 2 is 2.11 bits per heavy atom. The van der Waals surface area contributed by atoms with Gasteiger partial charge in [-0.1, -0.05) is 6.92 Å². The lowest BCUT2D eigenvalue weighted by Gasteiger charge is -2.42. The van der Waals surface area contributed by atoms with Crippen LogP contribution in [0.25, 0.3) is 0 Å². The number of nitrogens with zero attached hydrogens (tertiary/aromatic N) is 2. The first-order valence-corrected chi connectivity index (χ1v) is 7.57. The van der Waals surface area contributed by atoms with E-state index in [0.717, 1.165) is 12.3 Å². The Kier molecular flexibility index (Phi) is 4.18. The largest absolute Gasteiger partial charge is 0.381 e. The molecule has 18 heavy (non-hydrogen) atoms. The smallest absolute Gasteiger partial charge is 0.243 e. The van der Waals surface area contributed by atoms with E-state index in [4.69, 9.17) is 4.74 Å². The first-order valence-electron chi connectivity index (χ1n) is 6.52. The molecule has 2 saturated heterocycles. The number of rotatable bonds is 1. The Morgan fingerprint density at radius 1 is 1.44 bits per heavy atom. The maximum Gasteiger partial charge on any atom is 0.243 e. The number of hydrogen-bond acceptors (Lipinski definition) is 4. The minimum Gasteiger partial charge on any atom is -0.381 e. The van der Waals surface area contributed by atoms with E-state index in [1.54, 1.807) is 0 Å². The summed E-state index contributed by atoms with van der Waals surface area (Å²) in [7, 11) is 0. The third-order valence-electron chi connectivity index (χ3n) is 4.11. The molecular formula is C13H20N2O2S. The van der Waals surface area contributed by atoms with E-state index in [1.807, 2.05) is 16.7 Å². The van der Waals surface area contributed by atoms with Crippen molar-refractivity contribution in [3.8, 4) is 6.07 Å². The number of nitriles is 1. The molecule has 0 aliphatic carbocycles. The van der Waals surface area contributed by atoms with Crippen LogP contribution < -0.4 is 0 Å². The molecule has 2 aliphatic heterocycles. The van der Waals surface area contributed by atoms with Crippen molar-refractivity contribution in [3.63, 3.8) is 0 Å². The predicted octanol–water partition coefficient (Wildman–Crippen LogP) is 1.66. The summed E-state index contributed by atoms with van der Waals surface area (Å²) in [5.74, 6) is 0.989. The van der Waals surface area contributed by atoms with Crippen molar-refractivity contribution in [2.75, 3.05) is 25.5 Å². The van der Waals surface area contributed by atoms with Gasteiger partial charge < -0.3 is 9.64 Å². The van der Waals surface area contributed by atoms with Crippen molar-refractivity contribution in [3.05, 3.63) is 0 Å². The van der Waals surface area contributed by atoms with Gasteiger partial charge in [-0.15, -0.1) is 0 Å². The number of hydrogen-bond donors (Lipinski definition) is 0. The Morgan fingerprint density at radius 3 is 2.72 bits per heavy atom. The van der Waals surface area contributed by atoms with Crippen LogP contribution in [0.15, 0.2) is 0 Å². The average Bonchev–Trinajstić information content (AvgIpc) is 2.42. The maximum atomic E-state index is 12.7. The second-order valence-electron chi connectivity index (χ2n) is 5.12. The zero-order valence-electron chi connectivity index (χ0n) is 11.0. The molecule has 2 heterocycles. The molecular weight excluding hydrogens is 248 g/mol. The van der Waals surface area contributed by atoms with Crippen LogP contribution in [0.5, 0.6) is 0 Å². The second-order valence-corrected chi connectivity index (χ2v) is 6.61. The zero-order valence-corrected chi connectivity index (χ0v) is 11.8. The summed E-state index contributed by atoms with van der Waals surface area (Å²) in [5.41, 5.74) is -0.839. The number of ether oxygens (including phenoxy) is 1. The third kappa shape index (κ3) is 2.36. The first kappa shape index (κ1) is 13.7. The molecule has 2 atom stereocenters. The van der Waals surface area contributed by atoms with Gasteiger partial charge in [0, 0.05) is 36.8 Å².